The van der Waals surface area contributed by atoms with Crippen molar-refractivity contribution in [1.82, 2.24) is 4.57 Å². The second-order valence-electron chi connectivity index (χ2n) is 11.6. The van der Waals surface area contributed by atoms with Gasteiger partial charge < -0.3 is 33.5 Å². The standard InChI is InChI=1S/C30H41N2O3.HI/c1-20(2)24-17-12-21(3)18-27(24)34-28(33)19-32-26-11-9-8-10-25(26)31(7)29(32)22-13-15-23(16-14-22)35-30(4,5)6;/h8-11,13-16,20-21,24,27H,12,17-19H2,1-7H3;1H/q+1;/p-1/t21-,24+,27-;/m1./s1. The molecule has 0 saturated heterocycles. The molecule has 0 spiro atoms. The molecular formula is C30H41IN2O3. The molecule has 1 aliphatic carbocycles. The van der Waals surface area contributed by atoms with Crippen molar-refractivity contribution in [3.05, 3.63) is 48.5 Å². The summed E-state index contributed by atoms with van der Waals surface area (Å²) in [6, 6.07) is 16.3. The van der Waals surface area contributed by atoms with Crippen molar-refractivity contribution >= 4 is 17.0 Å². The summed E-state index contributed by atoms with van der Waals surface area (Å²) in [6.45, 7) is 13.1. The van der Waals surface area contributed by atoms with Crippen molar-refractivity contribution in [2.75, 3.05) is 0 Å². The summed E-state index contributed by atoms with van der Waals surface area (Å²) in [5, 5.41) is 0. The number of rotatable bonds is 6. The number of benzene rings is 2. The molecule has 0 N–H and O–H groups in total. The number of imidazole rings is 1. The second kappa shape index (κ2) is 11.5. The van der Waals surface area contributed by atoms with Crippen molar-refractivity contribution in [1.29, 1.82) is 0 Å². The number of aromatic nitrogens is 2. The Morgan fingerprint density at radius 3 is 2.39 bits per heavy atom. The Bertz CT molecular complexity index is 1180. The molecule has 0 amide bonds. The Labute approximate surface area is 233 Å². The van der Waals surface area contributed by atoms with Gasteiger partial charge in [-0.3, -0.25) is 0 Å². The van der Waals surface area contributed by atoms with Gasteiger partial charge in [-0.25, -0.2) is 13.9 Å². The number of para-hydroxylation sites is 2. The number of esters is 1. The van der Waals surface area contributed by atoms with Crippen LogP contribution in [0, 0.1) is 17.8 Å². The van der Waals surface area contributed by atoms with Gasteiger partial charge >= 0.3 is 5.97 Å². The molecular weight excluding hydrogens is 563 g/mol. The molecule has 0 bridgehead atoms. The van der Waals surface area contributed by atoms with E-state index in [1.54, 1.807) is 0 Å². The van der Waals surface area contributed by atoms with Crippen LogP contribution >= 0.6 is 0 Å². The predicted octanol–water partition coefficient (Wildman–Crippen LogP) is 3.32. The Balaban J connectivity index is 0.00000361. The molecule has 4 rings (SSSR count). The van der Waals surface area contributed by atoms with Gasteiger partial charge in [-0.1, -0.05) is 39.3 Å². The van der Waals surface area contributed by atoms with Crippen LogP contribution in [0.5, 0.6) is 5.75 Å². The highest BCUT2D eigenvalue weighted by Gasteiger charge is 2.34. The van der Waals surface area contributed by atoms with Crippen LogP contribution in [0.15, 0.2) is 48.5 Å². The van der Waals surface area contributed by atoms with Crippen LogP contribution in [0.4, 0.5) is 0 Å². The minimum Gasteiger partial charge on any atom is -1.00 e. The monoisotopic (exact) mass is 604 g/mol. The summed E-state index contributed by atoms with van der Waals surface area (Å²) in [4.78, 5) is 13.3. The maximum absolute atomic E-state index is 13.3. The topological polar surface area (TPSA) is 44.3 Å². The number of aryl methyl sites for hydroxylation is 1. The van der Waals surface area contributed by atoms with E-state index in [-0.39, 0.29) is 48.2 Å². The van der Waals surface area contributed by atoms with Gasteiger partial charge in [0.25, 0.3) is 5.82 Å². The van der Waals surface area contributed by atoms with Crippen molar-refractivity contribution in [3.63, 3.8) is 0 Å². The average molecular weight is 605 g/mol. The van der Waals surface area contributed by atoms with Gasteiger partial charge in [0, 0.05) is 0 Å². The smallest absolute Gasteiger partial charge is 0.348 e. The van der Waals surface area contributed by atoms with Gasteiger partial charge in [0.05, 0.1) is 12.6 Å². The zero-order valence-corrected chi connectivity index (χ0v) is 24.9. The molecule has 1 aliphatic rings. The van der Waals surface area contributed by atoms with E-state index in [2.05, 4.69) is 61.2 Å². The second-order valence-corrected chi connectivity index (χ2v) is 11.6. The highest BCUT2D eigenvalue weighted by atomic mass is 127. The van der Waals surface area contributed by atoms with Crippen molar-refractivity contribution in [3.8, 4) is 17.1 Å². The maximum atomic E-state index is 13.3. The zero-order valence-electron chi connectivity index (χ0n) is 22.8. The Morgan fingerprint density at radius 2 is 1.75 bits per heavy atom. The quantitative estimate of drug-likeness (QED) is 0.247. The SMILES string of the molecule is CC(C)[C@@H]1CC[C@@H](C)C[C@H]1OC(=O)Cn1c(-c2ccc(OC(C)(C)C)cc2)[n+](C)c2ccccc21.[I-]. The first-order valence-corrected chi connectivity index (χ1v) is 13.0. The Morgan fingerprint density at radius 1 is 1.08 bits per heavy atom. The van der Waals surface area contributed by atoms with Gasteiger partial charge in [-0.15, -0.1) is 0 Å². The van der Waals surface area contributed by atoms with Crippen molar-refractivity contribution < 1.29 is 42.8 Å². The third-order valence-corrected chi connectivity index (χ3v) is 7.18. The van der Waals surface area contributed by atoms with E-state index in [1.807, 2.05) is 45.0 Å². The number of fused-ring (bicyclic) bond motifs is 1. The fraction of sp³-hybridized carbons (Fsp3) is 0.533. The first-order valence-electron chi connectivity index (χ1n) is 13.0. The van der Waals surface area contributed by atoms with Crippen LogP contribution in [0.1, 0.15) is 60.8 Å². The highest BCUT2D eigenvalue weighted by molar-refractivity contribution is 5.79. The van der Waals surface area contributed by atoms with E-state index < -0.39 is 0 Å². The minimum absolute atomic E-state index is 0. The molecule has 0 radical (unpaired) electrons. The summed E-state index contributed by atoms with van der Waals surface area (Å²) < 4.78 is 16.4. The van der Waals surface area contributed by atoms with Crippen LogP contribution < -0.4 is 33.3 Å². The number of nitrogens with zero attached hydrogens (tertiary/aromatic N) is 2. The van der Waals surface area contributed by atoms with Crippen LogP contribution in [-0.2, 0) is 23.1 Å². The average Bonchev–Trinajstić information content (AvgIpc) is 3.05. The van der Waals surface area contributed by atoms with Gasteiger partial charge in [-0.2, -0.15) is 0 Å². The first kappa shape index (κ1) is 28.5. The Kier molecular flexibility index (Phi) is 9.12. The molecule has 0 aliphatic heterocycles. The molecule has 1 saturated carbocycles. The Hall–Kier alpha value is -2.09. The number of carbonyl (C=O) groups is 1. The fourth-order valence-electron chi connectivity index (χ4n) is 5.51. The fourth-order valence-corrected chi connectivity index (χ4v) is 5.51. The number of halogens is 1. The predicted molar refractivity (Wildman–Crippen MR) is 140 cm³/mol. The molecule has 5 nitrogen and oxygen atoms in total. The van der Waals surface area contributed by atoms with E-state index in [0.29, 0.717) is 17.8 Å². The third kappa shape index (κ3) is 6.42. The maximum Gasteiger partial charge on any atom is 0.348 e. The summed E-state index contributed by atoms with van der Waals surface area (Å²) in [5.74, 6) is 3.18. The van der Waals surface area contributed by atoms with E-state index in [1.165, 1.54) is 6.42 Å². The number of ether oxygens (including phenoxy) is 2. The van der Waals surface area contributed by atoms with Gasteiger partial charge in [0.2, 0.25) is 0 Å². The summed E-state index contributed by atoms with van der Waals surface area (Å²) in [7, 11) is 2.05. The number of carbonyl (C=O) groups excluding carboxylic acids is 1. The van der Waals surface area contributed by atoms with Crippen LogP contribution in [0.25, 0.3) is 22.4 Å². The molecule has 36 heavy (non-hydrogen) atoms. The van der Waals surface area contributed by atoms with Crippen molar-refractivity contribution in [2.24, 2.45) is 24.8 Å². The largest absolute Gasteiger partial charge is 1.00 e. The van der Waals surface area contributed by atoms with E-state index in [4.69, 9.17) is 9.47 Å². The molecule has 1 fully saturated rings. The summed E-state index contributed by atoms with van der Waals surface area (Å²) >= 11 is 0. The first-order chi connectivity index (χ1) is 16.5. The molecule has 196 valence electrons. The highest BCUT2D eigenvalue weighted by Crippen LogP contribution is 2.35. The molecule has 3 aromatic rings. The third-order valence-electron chi connectivity index (χ3n) is 7.18. The normalized spacial score (nSPS) is 20.3. The lowest BCUT2D eigenvalue weighted by Crippen LogP contribution is -3.00. The lowest BCUT2D eigenvalue weighted by Gasteiger charge is -2.36. The number of hydrogen-bond donors (Lipinski definition) is 0. The minimum atomic E-state index is -0.255. The van der Waals surface area contributed by atoms with Gasteiger partial charge in [0.1, 0.15) is 17.5 Å². The van der Waals surface area contributed by atoms with Crippen LogP contribution in [0.3, 0.4) is 0 Å². The summed E-state index contributed by atoms with van der Waals surface area (Å²) in [5.41, 5.74) is 2.88. The van der Waals surface area contributed by atoms with Gasteiger partial charge in [-0.05, 0) is 87.8 Å². The van der Waals surface area contributed by atoms with Crippen LogP contribution in [-0.4, -0.2) is 22.2 Å². The molecule has 2 aromatic carbocycles. The molecule has 3 atom stereocenters. The van der Waals surface area contributed by atoms with E-state index in [9.17, 15) is 4.79 Å². The molecule has 1 heterocycles. The summed E-state index contributed by atoms with van der Waals surface area (Å²) in [6.07, 6.45) is 3.30. The lowest BCUT2D eigenvalue weighted by atomic mass is 9.75. The molecule has 6 heteroatoms. The van der Waals surface area contributed by atoms with Crippen molar-refractivity contribution in [2.45, 2.75) is 79.1 Å². The van der Waals surface area contributed by atoms with E-state index >= 15 is 0 Å². The lowest BCUT2D eigenvalue weighted by molar-refractivity contribution is -0.634. The number of hydrogen-bond acceptors (Lipinski definition) is 3. The molecule has 0 unspecified atom stereocenters. The van der Waals surface area contributed by atoms with Gasteiger partial charge in [0.15, 0.2) is 17.6 Å². The van der Waals surface area contributed by atoms with E-state index in [0.717, 1.165) is 41.0 Å². The van der Waals surface area contributed by atoms with Crippen LogP contribution in [0.2, 0.25) is 0 Å². The molecule has 1 aromatic heterocycles. The zero-order chi connectivity index (χ0) is 25.3.